The maximum Gasteiger partial charge on any atom is 0.246 e. The van der Waals surface area contributed by atoms with E-state index in [1.54, 1.807) is 0 Å². The number of piperazine rings is 1. The SMILES string of the molecule is CCC1C(=O)NC(C(C)C)C(=O)N1C1CCN(C)CC1C. The van der Waals surface area contributed by atoms with Crippen molar-refractivity contribution in [3.63, 3.8) is 0 Å². The Morgan fingerprint density at radius 1 is 1.33 bits per heavy atom. The molecule has 0 bridgehead atoms. The van der Waals surface area contributed by atoms with Gasteiger partial charge in [0.25, 0.3) is 0 Å². The molecular formula is C16H29N3O2. The van der Waals surface area contributed by atoms with Crippen LogP contribution in [0.3, 0.4) is 0 Å². The van der Waals surface area contributed by atoms with E-state index in [4.69, 9.17) is 0 Å². The van der Waals surface area contributed by atoms with Crippen LogP contribution in [0.1, 0.15) is 40.5 Å². The highest BCUT2D eigenvalue weighted by molar-refractivity contribution is 5.97. The van der Waals surface area contributed by atoms with Gasteiger partial charge in [-0.15, -0.1) is 0 Å². The van der Waals surface area contributed by atoms with Crippen molar-refractivity contribution < 1.29 is 9.59 Å². The smallest absolute Gasteiger partial charge is 0.246 e. The second-order valence-electron chi connectivity index (χ2n) is 7.00. The average molecular weight is 295 g/mol. The predicted octanol–water partition coefficient (Wildman–Crippen LogP) is 1.09. The summed E-state index contributed by atoms with van der Waals surface area (Å²) < 4.78 is 0. The molecule has 0 aromatic carbocycles. The van der Waals surface area contributed by atoms with E-state index in [9.17, 15) is 9.59 Å². The number of amides is 2. The molecule has 0 spiro atoms. The minimum absolute atomic E-state index is 0.0157. The van der Waals surface area contributed by atoms with Gasteiger partial charge >= 0.3 is 0 Å². The number of hydrogen-bond acceptors (Lipinski definition) is 3. The molecule has 0 aromatic rings. The zero-order chi connectivity index (χ0) is 15.7. The third-order valence-electron chi connectivity index (χ3n) is 4.93. The van der Waals surface area contributed by atoms with Gasteiger partial charge < -0.3 is 15.1 Å². The number of rotatable bonds is 3. The maximum atomic E-state index is 12.9. The van der Waals surface area contributed by atoms with E-state index in [1.807, 2.05) is 25.7 Å². The van der Waals surface area contributed by atoms with Gasteiger partial charge in [0.05, 0.1) is 0 Å². The topological polar surface area (TPSA) is 52.7 Å². The number of nitrogens with one attached hydrogen (secondary N) is 1. The molecule has 2 aliphatic rings. The maximum absolute atomic E-state index is 12.9. The summed E-state index contributed by atoms with van der Waals surface area (Å²) >= 11 is 0. The van der Waals surface area contributed by atoms with Crippen LogP contribution in [-0.4, -0.2) is 59.9 Å². The second kappa shape index (κ2) is 6.34. The molecule has 1 N–H and O–H groups in total. The average Bonchev–Trinajstić information content (AvgIpc) is 2.41. The Morgan fingerprint density at radius 3 is 2.52 bits per heavy atom. The van der Waals surface area contributed by atoms with Crippen LogP contribution in [0.5, 0.6) is 0 Å². The van der Waals surface area contributed by atoms with Gasteiger partial charge in [-0.05, 0) is 38.3 Å². The summed E-state index contributed by atoms with van der Waals surface area (Å²) in [5.41, 5.74) is 0. The first-order chi connectivity index (χ1) is 9.86. The van der Waals surface area contributed by atoms with Crippen molar-refractivity contribution in [3.05, 3.63) is 0 Å². The molecule has 5 nitrogen and oxygen atoms in total. The fourth-order valence-electron chi connectivity index (χ4n) is 3.74. The van der Waals surface area contributed by atoms with Crippen LogP contribution in [0.4, 0.5) is 0 Å². The van der Waals surface area contributed by atoms with E-state index in [0.717, 1.165) is 19.5 Å². The van der Waals surface area contributed by atoms with Crippen LogP contribution >= 0.6 is 0 Å². The van der Waals surface area contributed by atoms with Gasteiger partial charge in [0.2, 0.25) is 11.8 Å². The number of nitrogens with zero attached hydrogens (tertiary/aromatic N) is 2. The molecule has 2 aliphatic heterocycles. The Hall–Kier alpha value is -1.10. The molecule has 5 heteroatoms. The molecule has 4 atom stereocenters. The summed E-state index contributed by atoms with van der Waals surface area (Å²) in [6.07, 6.45) is 1.64. The van der Waals surface area contributed by atoms with Crippen molar-refractivity contribution >= 4 is 11.8 Å². The molecule has 21 heavy (non-hydrogen) atoms. The highest BCUT2D eigenvalue weighted by atomic mass is 16.2. The van der Waals surface area contributed by atoms with Crippen molar-refractivity contribution in [3.8, 4) is 0 Å². The lowest BCUT2D eigenvalue weighted by Crippen LogP contribution is -2.68. The van der Waals surface area contributed by atoms with Crippen molar-refractivity contribution in [2.45, 2.75) is 58.7 Å². The van der Waals surface area contributed by atoms with Crippen LogP contribution in [0.2, 0.25) is 0 Å². The Kier molecular flexibility index (Phi) is 4.91. The lowest BCUT2D eigenvalue weighted by atomic mass is 9.87. The van der Waals surface area contributed by atoms with Gasteiger partial charge in [-0.2, -0.15) is 0 Å². The van der Waals surface area contributed by atoms with Gasteiger partial charge in [-0.1, -0.05) is 27.7 Å². The van der Waals surface area contributed by atoms with Gasteiger partial charge in [-0.3, -0.25) is 9.59 Å². The molecule has 2 saturated heterocycles. The van der Waals surface area contributed by atoms with Crippen LogP contribution in [0.25, 0.3) is 0 Å². The van der Waals surface area contributed by atoms with E-state index in [2.05, 4.69) is 24.2 Å². The molecule has 120 valence electrons. The Labute approximate surface area is 128 Å². The number of carbonyl (C=O) groups is 2. The van der Waals surface area contributed by atoms with Gasteiger partial charge in [-0.25, -0.2) is 0 Å². The van der Waals surface area contributed by atoms with E-state index in [0.29, 0.717) is 12.3 Å². The Bertz CT molecular complexity index is 410. The molecular weight excluding hydrogens is 266 g/mol. The van der Waals surface area contributed by atoms with Crippen molar-refractivity contribution in [2.24, 2.45) is 11.8 Å². The van der Waals surface area contributed by atoms with Crippen LogP contribution in [0, 0.1) is 11.8 Å². The minimum atomic E-state index is -0.368. The molecule has 2 rings (SSSR count). The largest absolute Gasteiger partial charge is 0.342 e. The predicted molar refractivity (Wildman–Crippen MR) is 82.8 cm³/mol. The van der Waals surface area contributed by atoms with Crippen molar-refractivity contribution in [1.29, 1.82) is 0 Å². The standard InChI is InChI=1S/C16H29N3O2/c1-6-12-15(20)17-14(10(2)3)16(21)19(12)13-7-8-18(5)9-11(13)4/h10-14H,6-9H2,1-5H3,(H,17,20). The van der Waals surface area contributed by atoms with Gasteiger partial charge in [0.15, 0.2) is 0 Å². The third-order valence-corrected chi connectivity index (χ3v) is 4.93. The quantitative estimate of drug-likeness (QED) is 0.848. The summed E-state index contributed by atoms with van der Waals surface area (Å²) in [5, 5.41) is 2.92. The molecule has 2 fully saturated rings. The molecule has 2 heterocycles. The zero-order valence-corrected chi connectivity index (χ0v) is 13.9. The summed E-state index contributed by atoms with van der Waals surface area (Å²) in [5.74, 6) is 0.656. The number of hydrogen-bond donors (Lipinski definition) is 1. The molecule has 0 radical (unpaired) electrons. The summed E-state index contributed by atoms with van der Waals surface area (Å²) in [7, 11) is 2.12. The lowest BCUT2D eigenvalue weighted by Gasteiger charge is -2.48. The number of piperidine rings is 1. The van der Waals surface area contributed by atoms with Crippen LogP contribution in [-0.2, 0) is 9.59 Å². The van der Waals surface area contributed by atoms with Gasteiger partial charge in [0.1, 0.15) is 12.1 Å². The lowest BCUT2D eigenvalue weighted by molar-refractivity contribution is -0.156. The van der Waals surface area contributed by atoms with E-state index < -0.39 is 0 Å². The van der Waals surface area contributed by atoms with Crippen molar-refractivity contribution in [2.75, 3.05) is 20.1 Å². The molecule has 0 aliphatic carbocycles. The summed E-state index contributed by atoms with van der Waals surface area (Å²) in [4.78, 5) is 29.5. The van der Waals surface area contributed by atoms with Crippen LogP contribution in [0.15, 0.2) is 0 Å². The second-order valence-corrected chi connectivity index (χ2v) is 7.00. The van der Waals surface area contributed by atoms with E-state index >= 15 is 0 Å². The summed E-state index contributed by atoms with van der Waals surface area (Å²) in [6.45, 7) is 10.1. The Balaban J connectivity index is 2.27. The van der Waals surface area contributed by atoms with E-state index in [-0.39, 0.29) is 35.9 Å². The van der Waals surface area contributed by atoms with Crippen LogP contribution < -0.4 is 5.32 Å². The van der Waals surface area contributed by atoms with Gasteiger partial charge in [0, 0.05) is 12.6 Å². The highest BCUT2D eigenvalue weighted by Crippen LogP contribution is 2.28. The Morgan fingerprint density at radius 2 is 2.00 bits per heavy atom. The first-order valence-electron chi connectivity index (χ1n) is 8.17. The molecule has 4 unspecified atom stereocenters. The number of likely N-dealkylation sites (tertiary alicyclic amines) is 1. The highest BCUT2D eigenvalue weighted by Gasteiger charge is 2.45. The minimum Gasteiger partial charge on any atom is -0.342 e. The fraction of sp³-hybridized carbons (Fsp3) is 0.875. The van der Waals surface area contributed by atoms with E-state index in [1.165, 1.54) is 0 Å². The third kappa shape index (κ3) is 3.07. The molecule has 2 amide bonds. The zero-order valence-electron chi connectivity index (χ0n) is 13.9. The fourth-order valence-corrected chi connectivity index (χ4v) is 3.74. The first-order valence-corrected chi connectivity index (χ1v) is 8.17. The monoisotopic (exact) mass is 295 g/mol. The first kappa shape index (κ1) is 16.3. The number of carbonyl (C=O) groups excluding carboxylic acids is 2. The normalized spacial score (nSPS) is 35.2. The summed E-state index contributed by atoms with van der Waals surface area (Å²) in [6, 6.07) is -0.485. The molecule has 0 aromatic heterocycles. The van der Waals surface area contributed by atoms with Crippen molar-refractivity contribution in [1.82, 2.24) is 15.1 Å². The molecule has 0 saturated carbocycles.